The van der Waals surface area contributed by atoms with Crippen LogP contribution in [0.3, 0.4) is 0 Å². The standard InChI is InChI=1S/C8H5N5OS/c1-4-11-6-8(15-4)9-2-5(12-6)7-13-10-3-14-7/h2-3H,1H3. The highest BCUT2D eigenvalue weighted by atomic mass is 32.1. The van der Waals surface area contributed by atoms with Gasteiger partial charge < -0.3 is 4.42 Å². The highest BCUT2D eigenvalue weighted by Crippen LogP contribution is 2.20. The fourth-order valence-electron chi connectivity index (χ4n) is 1.21. The van der Waals surface area contributed by atoms with Crippen LogP contribution in [-0.2, 0) is 0 Å². The predicted octanol–water partition coefficient (Wildman–Crippen LogP) is 1.44. The summed E-state index contributed by atoms with van der Waals surface area (Å²) in [6.07, 6.45) is 2.86. The van der Waals surface area contributed by atoms with Gasteiger partial charge in [0, 0.05) is 0 Å². The van der Waals surface area contributed by atoms with Gasteiger partial charge in [-0.1, -0.05) is 11.3 Å². The average molecular weight is 219 g/mol. The first-order chi connectivity index (χ1) is 7.33. The normalized spacial score (nSPS) is 11.0. The number of aryl methyl sites for hydroxylation is 1. The Balaban J connectivity index is 2.21. The number of nitrogens with zero attached hydrogens (tertiary/aromatic N) is 5. The maximum atomic E-state index is 5.03. The fraction of sp³-hybridized carbons (Fsp3) is 0.125. The van der Waals surface area contributed by atoms with Crippen LogP contribution in [0.2, 0.25) is 0 Å². The van der Waals surface area contributed by atoms with Crippen LogP contribution in [-0.4, -0.2) is 25.1 Å². The largest absolute Gasteiger partial charge is 0.422 e. The van der Waals surface area contributed by atoms with Gasteiger partial charge in [0.1, 0.15) is 5.69 Å². The third kappa shape index (κ3) is 1.37. The number of hydrogen-bond donors (Lipinski definition) is 0. The molecule has 0 saturated carbocycles. The second-order valence-electron chi connectivity index (χ2n) is 2.86. The smallest absolute Gasteiger partial charge is 0.267 e. The highest BCUT2D eigenvalue weighted by Gasteiger charge is 2.09. The summed E-state index contributed by atoms with van der Waals surface area (Å²) in [7, 11) is 0. The summed E-state index contributed by atoms with van der Waals surface area (Å²) >= 11 is 1.51. The van der Waals surface area contributed by atoms with E-state index in [1.54, 1.807) is 6.20 Å². The Hall–Kier alpha value is -1.89. The van der Waals surface area contributed by atoms with Crippen LogP contribution < -0.4 is 0 Å². The molecule has 0 aliphatic heterocycles. The maximum Gasteiger partial charge on any atom is 0.267 e. The molecule has 0 saturated heterocycles. The zero-order valence-corrected chi connectivity index (χ0v) is 8.52. The average Bonchev–Trinajstić information content (AvgIpc) is 2.82. The van der Waals surface area contributed by atoms with Crippen molar-refractivity contribution in [2.45, 2.75) is 6.92 Å². The molecule has 0 bridgehead atoms. The van der Waals surface area contributed by atoms with Gasteiger partial charge in [0.25, 0.3) is 5.89 Å². The monoisotopic (exact) mass is 219 g/mol. The Bertz CT molecular complexity index is 603. The first-order valence-corrected chi connectivity index (χ1v) is 5.01. The molecule has 0 unspecified atom stereocenters. The Kier molecular flexibility index (Phi) is 1.72. The van der Waals surface area contributed by atoms with Crippen LogP contribution in [0, 0.1) is 6.92 Å². The molecule has 7 heteroatoms. The number of hydrogen-bond acceptors (Lipinski definition) is 7. The summed E-state index contributed by atoms with van der Waals surface area (Å²) in [4.78, 5) is 13.6. The summed E-state index contributed by atoms with van der Waals surface area (Å²) < 4.78 is 5.03. The molecule has 3 rings (SSSR count). The summed E-state index contributed by atoms with van der Waals surface area (Å²) in [6, 6.07) is 0. The van der Waals surface area contributed by atoms with E-state index < -0.39 is 0 Å². The lowest BCUT2D eigenvalue weighted by Gasteiger charge is -1.91. The molecule has 0 radical (unpaired) electrons. The van der Waals surface area contributed by atoms with E-state index in [-0.39, 0.29) is 0 Å². The van der Waals surface area contributed by atoms with Crippen molar-refractivity contribution >= 4 is 21.8 Å². The van der Waals surface area contributed by atoms with E-state index in [1.165, 1.54) is 17.7 Å². The number of rotatable bonds is 1. The highest BCUT2D eigenvalue weighted by molar-refractivity contribution is 7.18. The molecule has 0 aliphatic carbocycles. The molecule has 3 aromatic rings. The topological polar surface area (TPSA) is 77.6 Å². The lowest BCUT2D eigenvalue weighted by Crippen LogP contribution is -1.87. The molecular weight excluding hydrogens is 214 g/mol. The second-order valence-corrected chi connectivity index (χ2v) is 4.04. The van der Waals surface area contributed by atoms with Gasteiger partial charge in [-0.2, -0.15) is 0 Å². The molecule has 15 heavy (non-hydrogen) atoms. The Morgan fingerprint density at radius 1 is 1.33 bits per heavy atom. The fourth-order valence-corrected chi connectivity index (χ4v) is 1.91. The molecule has 0 spiro atoms. The van der Waals surface area contributed by atoms with E-state index in [9.17, 15) is 0 Å². The number of fused-ring (bicyclic) bond motifs is 1. The van der Waals surface area contributed by atoms with Gasteiger partial charge in [0.05, 0.1) is 11.2 Å². The summed E-state index contributed by atoms with van der Waals surface area (Å²) in [5.74, 6) is 0.357. The minimum atomic E-state index is 0.357. The first kappa shape index (κ1) is 8.42. The molecule has 0 N–H and O–H groups in total. The molecule has 0 aliphatic rings. The zero-order chi connectivity index (χ0) is 10.3. The van der Waals surface area contributed by atoms with Crippen LogP contribution in [0.5, 0.6) is 0 Å². The number of thiazole rings is 1. The molecule has 74 valence electrons. The molecule has 0 amide bonds. The van der Waals surface area contributed by atoms with Crippen molar-refractivity contribution in [1.82, 2.24) is 25.1 Å². The third-order valence-electron chi connectivity index (χ3n) is 1.81. The zero-order valence-electron chi connectivity index (χ0n) is 7.71. The quantitative estimate of drug-likeness (QED) is 0.616. The van der Waals surface area contributed by atoms with Gasteiger partial charge in [-0.05, 0) is 6.92 Å². The van der Waals surface area contributed by atoms with Gasteiger partial charge in [-0.15, -0.1) is 10.2 Å². The minimum Gasteiger partial charge on any atom is -0.422 e. The number of aromatic nitrogens is 5. The summed E-state index contributed by atoms with van der Waals surface area (Å²) in [5.41, 5.74) is 1.17. The Morgan fingerprint density at radius 2 is 2.27 bits per heavy atom. The molecule has 0 aromatic carbocycles. The van der Waals surface area contributed by atoms with Gasteiger partial charge in [-0.3, -0.25) is 0 Å². The Labute approximate surface area is 88.0 Å². The minimum absolute atomic E-state index is 0.357. The van der Waals surface area contributed by atoms with Gasteiger partial charge in [-0.25, -0.2) is 15.0 Å². The van der Waals surface area contributed by atoms with E-state index in [0.29, 0.717) is 17.2 Å². The lowest BCUT2D eigenvalue weighted by atomic mass is 10.4. The predicted molar refractivity (Wildman–Crippen MR) is 53.2 cm³/mol. The van der Waals surface area contributed by atoms with Crippen molar-refractivity contribution in [3.8, 4) is 11.6 Å². The van der Waals surface area contributed by atoms with E-state index in [4.69, 9.17) is 4.42 Å². The van der Waals surface area contributed by atoms with Crippen molar-refractivity contribution in [1.29, 1.82) is 0 Å². The van der Waals surface area contributed by atoms with Crippen molar-refractivity contribution in [3.63, 3.8) is 0 Å². The molecule has 0 fully saturated rings. The van der Waals surface area contributed by atoms with E-state index in [0.717, 1.165) is 9.84 Å². The lowest BCUT2D eigenvalue weighted by molar-refractivity contribution is 0.566. The third-order valence-corrected chi connectivity index (χ3v) is 2.68. The van der Waals surface area contributed by atoms with Crippen LogP contribution in [0.1, 0.15) is 5.01 Å². The molecule has 3 heterocycles. The molecule has 0 atom stereocenters. The summed E-state index contributed by atoms with van der Waals surface area (Å²) in [6.45, 7) is 1.92. The van der Waals surface area contributed by atoms with Crippen LogP contribution >= 0.6 is 11.3 Å². The van der Waals surface area contributed by atoms with Crippen molar-refractivity contribution < 1.29 is 4.42 Å². The second kappa shape index (κ2) is 3.06. The maximum absolute atomic E-state index is 5.03. The van der Waals surface area contributed by atoms with Crippen LogP contribution in [0.15, 0.2) is 17.0 Å². The van der Waals surface area contributed by atoms with Crippen LogP contribution in [0.25, 0.3) is 22.1 Å². The Morgan fingerprint density at radius 3 is 3.07 bits per heavy atom. The van der Waals surface area contributed by atoms with Gasteiger partial charge in [0.15, 0.2) is 10.5 Å². The van der Waals surface area contributed by atoms with Gasteiger partial charge >= 0.3 is 0 Å². The SMILES string of the molecule is Cc1nc2nc(-c3nnco3)cnc2s1. The van der Waals surface area contributed by atoms with Crippen molar-refractivity contribution in [2.75, 3.05) is 0 Å². The van der Waals surface area contributed by atoms with Crippen molar-refractivity contribution in [2.24, 2.45) is 0 Å². The first-order valence-electron chi connectivity index (χ1n) is 4.19. The molecule has 6 nitrogen and oxygen atoms in total. The van der Waals surface area contributed by atoms with E-state index >= 15 is 0 Å². The molecular formula is C8H5N5OS. The summed E-state index contributed by atoms with van der Waals surface area (Å²) in [5, 5.41) is 8.28. The molecule has 3 aromatic heterocycles. The van der Waals surface area contributed by atoms with Gasteiger partial charge in [0.2, 0.25) is 6.39 Å². The van der Waals surface area contributed by atoms with Crippen molar-refractivity contribution in [3.05, 3.63) is 17.6 Å². The van der Waals surface area contributed by atoms with Crippen LogP contribution in [0.4, 0.5) is 0 Å². The van der Waals surface area contributed by atoms with E-state index in [1.807, 2.05) is 6.92 Å². The van der Waals surface area contributed by atoms with E-state index in [2.05, 4.69) is 25.1 Å².